The molecule has 12 nitrogen and oxygen atoms in total. The largest absolute Gasteiger partial charge is 0.472 e. The van der Waals surface area contributed by atoms with Gasteiger partial charge in [-0.05, 0) is 19.3 Å². The van der Waals surface area contributed by atoms with Gasteiger partial charge in [0.2, 0.25) is 5.91 Å². The molecule has 0 heterocycles. The van der Waals surface area contributed by atoms with Crippen LogP contribution in [0.3, 0.4) is 0 Å². The zero-order chi connectivity index (χ0) is 50.6. The van der Waals surface area contributed by atoms with Crippen molar-refractivity contribution in [3.05, 3.63) is 12.2 Å². The van der Waals surface area contributed by atoms with Crippen molar-refractivity contribution < 1.29 is 53.9 Å². The van der Waals surface area contributed by atoms with Gasteiger partial charge >= 0.3 is 7.82 Å². The van der Waals surface area contributed by atoms with Gasteiger partial charge in [0.05, 0.1) is 18.8 Å². The van der Waals surface area contributed by atoms with Crippen LogP contribution in [0.1, 0.15) is 284 Å². The number of hydrogen-bond donors (Lipinski definition) is 8. The zero-order valence-corrected chi connectivity index (χ0v) is 45.3. The van der Waals surface area contributed by atoms with Crippen molar-refractivity contribution in [3.63, 3.8) is 0 Å². The third-order valence-corrected chi connectivity index (χ3v) is 15.3. The number of carbonyl (C=O) groups is 1. The van der Waals surface area contributed by atoms with E-state index >= 15 is 0 Å². The number of allylic oxidation sites excluding steroid dienone is 1. The minimum Gasteiger partial charge on any atom is -0.387 e. The lowest BCUT2D eigenvalue weighted by Crippen LogP contribution is -2.64. The first kappa shape index (κ1) is 66.1. The quantitative estimate of drug-likeness (QED) is 0.0163. The van der Waals surface area contributed by atoms with Gasteiger partial charge in [-0.1, -0.05) is 270 Å². The van der Waals surface area contributed by atoms with Gasteiger partial charge < -0.3 is 40.8 Å². The van der Waals surface area contributed by atoms with Crippen LogP contribution >= 0.6 is 7.82 Å². The van der Waals surface area contributed by atoms with Crippen molar-refractivity contribution >= 4 is 13.7 Å². The van der Waals surface area contributed by atoms with Gasteiger partial charge in [-0.3, -0.25) is 13.8 Å². The number of phosphoric ester groups is 1. The summed E-state index contributed by atoms with van der Waals surface area (Å²) >= 11 is 0. The number of phosphoric acid groups is 1. The molecular weight excluding hydrogens is 894 g/mol. The van der Waals surface area contributed by atoms with Crippen LogP contribution in [0, 0.1) is 0 Å². The summed E-state index contributed by atoms with van der Waals surface area (Å²) in [6.45, 7) is 3.88. The van der Waals surface area contributed by atoms with Crippen molar-refractivity contribution in [3.8, 4) is 0 Å². The second-order valence-electron chi connectivity index (χ2n) is 20.9. The molecular formula is C56H110NO11P. The Labute approximate surface area is 422 Å². The Kier molecular flexibility index (Phi) is 43.8. The number of aliphatic hydroxyl groups is 6. The third-order valence-electron chi connectivity index (χ3n) is 14.3. The number of carbonyl (C=O) groups excluding carboxylic acids is 1. The molecule has 0 radical (unpaired) electrons. The van der Waals surface area contributed by atoms with Crippen molar-refractivity contribution in [1.82, 2.24) is 5.32 Å². The summed E-state index contributed by atoms with van der Waals surface area (Å²) in [5.74, 6) is -0.334. The van der Waals surface area contributed by atoms with E-state index in [2.05, 4.69) is 19.2 Å². The third kappa shape index (κ3) is 36.6. The zero-order valence-electron chi connectivity index (χ0n) is 44.4. The Hall–Kier alpha value is -0.920. The molecule has 0 saturated heterocycles. The molecule has 0 bridgehead atoms. The molecule has 1 aliphatic carbocycles. The predicted molar refractivity (Wildman–Crippen MR) is 283 cm³/mol. The van der Waals surface area contributed by atoms with Crippen LogP contribution in [0.15, 0.2) is 12.2 Å². The first-order chi connectivity index (χ1) is 33.4. The smallest absolute Gasteiger partial charge is 0.387 e. The summed E-state index contributed by atoms with van der Waals surface area (Å²) in [5, 5.41) is 64.2. The number of rotatable bonds is 50. The normalized spacial score (nSPS) is 21.5. The summed E-state index contributed by atoms with van der Waals surface area (Å²) in [6.07, 6.45) is 43.0. The molecule has 9 atom stereocenters. The molecule has 0 aromatic carbocycles. The fraction of sp³-hybridized carbons (Fsp3) is 0.946. The molecule has 1 amide bonds. The molecule has 8 N–H and O–H groups in total. The molecule has 1 aliphatic rings. The summed E-state index contributed by atoms with van der Waals surface area (Å²) in [4.78, 5) is 23.5. The first-order valence-corrected chi connectivity index (χ1v) is 30.6. The fourth-order valence-corrected chi connectivity index (χ4v) is 10.6. The maximum Gasteiger partial charge on any atom is 0.472 e. The predicted octanol–water partition coefficient (Wildman–Crippen LogP) is 13.1. The second kappa shape index (κ2) is 45.7. The van der Waals surface area contributed by atoms with E-state index < -0.39 is 63.2 Å². The van der Waals surface area contributed by atoms with Gasteiger partial charge in [-0.2, -0.15) is 0 Å². The molecule has 0 aromatic heterocycles. The topological polar surface area (TPSA) is 206 Å². The van der Waals surface area contributed by atoms with Crippen LogP contribution in [0.4, 0.5) is 0 Å². The van der Waals surface area contributed by atoms with E-state index in [0.717, 1.165) is 44.9 Å². The van der Waals surface area contributed by atoms with E-state index in [9.17, 15) is 44.9 Å². The van der Waals surface area contributed by atoms with Crippen LogP contribution in [-0.4, -0.2) is 96.8 Å². The molecule has 1 saturated carbocycles. The number of hydrogen-bond acceptors (Lipinski definition) is 10. The van der Waals surface area contributed by atoms with E-state index in [0.29, 0.717) is 6.42 Å². The Bertz CT molecular complexity index is 1210. The van der Waals surface area contributed by atoms with Gasteiger partial charge in [0.1, 0.15) is 36.6 Å². The maximum atomic E-state index is 13.0. The van der Waals surface area contributed by atoms with E-state index in [1.807, 2.05) is 6.08 Å². The Morgan fingerprint density at radius 1 is 0.478 bits per heavy atom. The van der Waals surface area contributed by atoms with Crippen LogP contribution < -0.4 is 5.32 Å². The van der Waals surface area contributed by atoms with Gasteiger partial charge in [0.15, 0.2) is 0 Å². The highest BCUT2D eigenvalue weighted by Crippen LogP contribution is 2.47. The van der Waals surface area contributed by atoms with Crippen molar-refractivity contribution in [2.24, 2.45) is 0 Å². The van der Waals surface area contributed by atoms with Crippen molar-refractivity contribution in [2.45, 2.75) is 332 Å². The lowest BCUT2D eigenvalue weighted by atomic mass is 9.85. The van der Waals surface area contributed by atoms with Gasteiger partial charge in [0, 0.05) is 6.42 Å². The molecule has 1 fully saturated rings. The van der Waals surface area contributed by atoms with E-state index in [4.69, 9.17) is 9.05 Å². The average Bonchev–Trinajstić information content (AvgIpc) is 3.33. The molecule has 410 valence electrons. The molecule has 6 unspecified atom stereocenters. The fourth-order valence-electron chi connectivity index (χ4n) is 9.61. The van der Waals surface area contributed by atoms with E-state index in [1.54, 1.807) is 6.08 Å². The number of nitrogens with one attached hydrogen (secondary N) is 1. The van der Waals surface area contributed by atoms with Crippen LogP contribution in [0.2, 0.25) is 0 Å². The van der Waals surface area contributed by atoms with Crippen LogP contribution in [-0.2, 0) is 18.4 Å². The molecule has 0 aliphatic heterocycles. The van der Waals surface area contributed by atoms with Gasteiger partial charge in [-0.25, -0.2) is 4.57 Å². The number of unbranched alkanes of at least 4 members (excludes halogenated alkanes) is 39. The summed E-state index contributed by atoms with van der Waals surface area (Å²) in [6, 6.07) is -1.11. The second-order valence-corrected chi connectivity index (χ2v) is 22.3. The first-order valence-electron chi connectivity index (χ1n) is 29.1. The SMILES string of the molecule is CCCCCCCCCCCCCC/C=C/[C@@H](O)[C@H](COP(=O)(O)OC1C(O)C(O)C(O)[C@@H](O)C1O)NC(=O)CCCCCCCCCCCCCCCCCCCCCCCCCCCCCC. The Morgan fingerprint density at radius 2 is 0.768 bits per heavy atom. The standard InChI is InChI=1S/C56H110NO11P/c1-3-5-7-9-11-13-15-17-19-20-21-22-23-24-25-26-27-28-29-30-31-32-34-36-38-40-42-44-46-50(59)57-48(47-67-69(65,66)68-56-54(63)52(61)51(60)53(62)55(56)64)49(58)45-43-41-39-37-35-33-18-16-14-12-10-8-6-4-2/h43,45,48-49,51-56,58,60-64H,3-42,44,46-47H2,1-2H3,(H,57,59)(H,65,66)/b45-43+/t48-,49+,51?,52+,53?,54?,55?,56?/m0/s1. The van der Waals surface area contributed by atoms with Crippen LogP contribution in [0.5, 0.6) is 0 Å². The molecule has 69 heavy (non-hydrogen) atoms. The monoisotopic (exact) mass is 1000 g/mol. The van der Waals surface area contributed by atoms with Crippen molar-refractivity contribution in [1.29, 1.82) is 0 Å². The molecule has 0 aromatic rings. The molecule has 13 heteroatoms. The Balaban J connectivity index is 2.27. The lowest BCUT2D eigenvalue weighted by Gasteiger charge is -2.41. The maximum absolute atomic E-state index is 13.0. The lowest BCUT2D eigenvalue weighted by molar-refractivity contribution is -0.220. The number of aliphatic hydroxyl groups excluding tert-OH is 6. The number of amides is 1. The molecule has 1 rings (SSSR count). The van der Waals surface area contributed by atoms with Gasteiger partial charge in [-0.15, -0.1) is 0 Å². The average molecular weight is 1000 g/mol. The van der Waals surface area contributed by atoms with E-state index in [1.165, 1.54) is 212 Å². The van der Waals surface area contributed by atoms with E-state index in [-0.39, 0.29) is 12.3 Å². The minimum atomic E-state index is -5.08. The highest BCUT2D eigenvalue weighted by atomic mass is 31.2. The highest BCUT2D eigenvalue weighted by Gasteiger charge is 2.51. The minimum absolute atomic E-state index is 0.219. The highest BCUT2D eigenvalue weighted by molar-refractivity contribution is 7.47. The van der Waals surface area contributed by atoms with Crippen LogP contribution in [0.25, 0.3) is 0 Å². The Morgan fingerprint density at radius 3 is 1.10 bits per heavy atom. The molecule has 0 spiro atoms. The summed E-state index contributed by atoms with van der Waals surface area (Å²) in [5.41, 5.74) is 0. The summed E-state index contributed by atoms with van der Waals surface area (Å²) in [7, 11) is -5.08. The van der Waals surface area contributed by atoms with Gasteiger partial charge in [0.25, 0.3) is 0 Å². The van der Waals surface area contributed by atoms with Crippen molar-refractivity contribution in [2.75, 3.05) is 6.61 Å². The summed E-state index contributed by atoms with van der Waals surface area (Å²) < 4.78 is 23.0.